The van der Waals surface area contributed by atoms with Crippen LogP contribution in [-0.2, 0) is 4.57 Å². The van der Waals surface area contributed by atoms with Crippen LogP contribution in [0.15, 0.2) is 24.3 Å². The van der Waals surface area contributed by atoms with Crippen LogP contribution >= 0.6 is 7.82 Å². The Labute approximate surface area is 131 Å². The minimum atomic E-state index is -4.55. The molecule has 2 aromatic carbocycles. The molecule has 5 heteroatoms. The standard InChI is InChI=1S/C17H21O4P/c1-10-6-13(4)17(14(5)7-10)15-8-12(3)16(9-11(15)2)21-22(18,19)20/h6-9H,1-5H3,(H2,18,19,20). The van der Waals surface area contributed by atoms with E-state index in [1.807, 2.05) is 13.0 Å². The first-order valence-electron chi connectivity index (χ1n) is 7.03. The van der Waals surface area contributed by atoms with Crippen LogP contribution in [0.4, 0.5) is 0 Å². The van der Waals surface area contributed by atoms with Crippen molar-refractivity contribution >= 4 is 7.82 Å². The van der Waals surface area contributed by atoms with Crippen molar-refractivity contribution in [3.05, 3.63) is 52.1 Å². The van der Waals surface area contributed by atoms with Crippen molar-refractivity contribution in [1.29, 1.82) is 0 Å². The highest BCUT2D eigenvalue weighted by Gasteiger charge is 2.19. The zero-order valence-corrected chi connectivity index (χ0v) is 14.4. The Morgan fingerprint density at radius 1 is 0.818 bits per heavy atom. The highest BCUT2D eigenvalue weighted by Crippen LogP contribution is 2.41. The van der Waals surface area contributed by atoms with Crippen LogP contribution < -0.4 is 4.52 Å². The lowest BCUT2D eigenvalue weighted by Gasteiger charge is -2.17. The molecule has 0 amide bonds. The largest absolute Gasteiger partial charge is 0.524 e. The van der Waals surface area contributed by atoms with E-state index in [4.69, 9.17) is 14.3 Å². The van der Waals surface area contributed by atoms with E-state index in [9.17, 15) is 4.57 Å². The van der Waals surface area contributed by atoms with Crippen molar-refractivity contribution in [1.82, 2.24) is 0 Å². The van der Waals surface area contributed by atoms with Crippen molar-refractivity contribution in [3.63, 3.8) is 0 Å². The summed E-state index contributed by atoms with van der Waals surface area (Å²) in [6.45, 7) is 9.92. The third-order valence-corrected chi connectivity index (χ3v) is 4.12. The Bertz CT molecular complexity index is 751. The second kappa shape index (κ2) is 5.88. The van der Waals surface area contributed by atoms with Gasteiger partial charge in [0.15, 0.2) is 0 Å². The summed E-state index contributed by atoms with van der Waals surface area (Å²) in [6.07, 6.45) is 0. The lowest BCUT2D eigenvalue weighted by atomic mass is 9.90. The van der Waals surface area contributed by atoms with E-state index in [-0.39, 0.29) is 5.75 Å². The number of hydrogen-bond donors (Lipinski definition) is 2. The molecule has 2 N–H and O–H groups in total. The first-order chi connectivity index (χ1) is 10.1. The zero-order valence-electron chi connectivity index (χ0n) is 13.5. The average Bonchev–Trinajstić information content (AvgIpc) is 2.32. The molecule has 0 radical (unpaired) electrons. The third-order valence-electron chi connectivity index (χ3n) is 3.69. The average molecular weight is 320 g/mol. The maximum absolute atomic E-state index is 11.0. The number of hydrogen-bond acceptors (Lipinski definition) is 2. The second-order valence-electron chi connectivity index (χ2n) is 5.79. The number of aryl methyl sites for hydroxylation is 5. The molecule has 0 heterocycles. The Morgan fingerprint density at radius 3 is 1.86 bits per heavy atom. The molecule has 2 aromatic rings. The van der Waals surface area contributed by atoms with Gasteiger partial charge in [-0.1, -0.05) is 17.7 Å². The lowest BCUT2D eigenvalue weighted by Crippen LogP contribution is -1.97. The molecule has 0 atom stereocenters. The number of rotatable bonds is 3. The molecule has 0 aliphatic rings. The van der Waals surface area contributed by atoms with Crippen LogP contribution in [-0.4, -0.2) is 9.79 Å². The second-order valence-corrected chi connectivity index (χ2v) is 6.95. The van der Waals surface area contributed by atoms with Crippen molar-refractivity contribution in [2.45, 2.75) is 34.6 Å². The summed E-state index contributed by atoms with van der Waals surface area (Å²) in [5, 5.41) is 0. The Hall–Kier alpha value is -1.61. The van der Waals surface area contributed by atoms with Gasteiger partial charge >= 0.3 is 7.82 Å². The predicted molar refractivity (Wildman–Crippen MR) is 88.2 cm³/mol. The maximum atomic E-state index is 11.0. The molecule has 0 saturated carbocycles. The van der Waals surface area contributed by atoms with Gasteiger partial charge < -0.3 is 4.52 Å². The van der Waals surface area contributed by atoms with Gasteiger partial charge in [0.25, 0.3) is 0 Å². The van der Waals surface area contributed by atoms with Crippen LogP contribution in [0.25, 0.3) is 11.1 Å². The molecular weight excluding hydrogens is 299 g/mol. The first-order valence-corrected chi connectivity index (χ1v) is 8.56. The first kappa shape index (κ1) is 16.8. The molecule has 0 aliphatic heterocycles. The third kappa shape index (κ3) is 3.58. The highest BCUT2D eigenvalue weighted by atomic mass is 31.2. The topological polar surface area (TPSA) is 66.8 Å². The summed E-state index contributed by atoms with van der Waals surface area (Å²) in [7, 11) is -4.55. The van der Waals surface area contributed by atoms with Gasteiger partial charge in [-0.2, -0.15) is 0 Å². The van der Waals surface area contributed by atoms with E-state index in [1.165, 1.54) is 16.7 Å². The molecule has 0 aliphatic carbocycles. The van der Waals surface area contributed by atoms with E-state index < -0.39 is 7.82 Å². The molecule has 0 spiro atoms. The van der Waals surface area contributed by atoms with Crippen molar-refractivity contribution in [2.75, 3.05) is 0 Å². The minimum Gasteiger partial charge on any atom is -0.404 e. The summed E-state index contributed by atoms with van der Waals surface area (Å²) < 4.78 is 15.8. The van der Waals surface area contributed by atoms with Crippen LogP contribution in [0.2, 0.25) is 0 Å². The number of phosphoric ester groups is 1. The molecule has 2 rings (SSSR count). The zero-order chi connectivity index (χ0) is 16.7. The number of benzene rings is 2. The molecule has 0 bridgehead atoms. The summed E-state index contributed by atoms with van der Waals surface area (Å²) in [4.78, 5) is 18.0. The van der Waals surface area contributed by atoms with Crippen LogP contribution in [0.1, 0.15) is 27.8 Å². The highest BCUT2D eigenvalue weighted by molar-refractivity contribution is 7.46. The fourth-order valence-electron chi connectivity index (χ4n) is 2.89. The smallest absolute Gasteiger partial charge is 0.404 e. The fraction of sp³-hybridized carbons (Fsp3) is 0.294. The van der Waals surface area contributed by atoms with E-state index in [1.54, 1.807) is 13.0 Å². The van der Waals surface area contributed by atoms with Crippen molar-refractivity contribution in [3.8, 4) is 16.9 Å². The molecule has 0 saturated heterocycles. The van der Waals surface area contributed by atoms with Gasteiger partial charge in [-0.05, 0) is 80.1 Å². The molecule has 4 nitrogen and oxygen atoms in total. The Balaban J connectivity index is 2.60. The Kier molecular flexibility index (Phi) is 4.48. The van der Waals surface area contributed by atoms with Gasteiger partial charge in [-0.15, -0.1) is 0 Å². The summed E-state index contributed by atoms with van der Waals surface area (Å²) in [5.74, 6) is 0.219. The van der Waals surface area contributed by atoms with Crippen molar-refractivity contribution in [2.24, 2.45) is 0 Å². The monoisotopic (exact) mass is 320 g/mol. The van der Waals surface area contributed by atoms with Crippen LogP contribution in [0, 0.1) is 34.6 Å². The molecule has 0 fully saturated rings. The van der Waals surface area contributed by atoms with Crippen LogP contribution in [0.5, 0.6) is 5.75 Å². The van der Waals surface area contributed by atoms with Gasteiger partial charge in [0, 0.05) is 0 Å². The van der Waals surface area contributed by atoms with Gasteiger partial charge in [0.2, 0.25) is 0 Å². The van der Waals surface area contributed by atoms with E-state index >= 15 is 0 Å². The van der Waals surface area contributed by atoms with Crippen LogP contribution in [0.3, 0.4) is 0 Å². The maximum Gasteiger partial charge on any atom is 0.524 e. The van der Waals surface area contributed by atoms with Gasteiger partial charge in [-0.25, -0.2) is 4.57 Å². The molecule has 22 heavy (non-hydrogen) atoms. The summed E-state index contributed by atoms with van der Waals surface area (Å²) >= 11 is 0. The van der Waals surface area contributed by atoms with E-state index in [0.717, 1.165) is 16.7 Å². The van der Waals surface area contributed by atoms with Crippen molar-refractivity contribution < 1.29 is 18.9 Å². The van der Waals surface area contributed by atoms with Gasteiger partial charge in [0.1, 0.15) is 5.75 Å². The normalized spacial score (nSPS) is 11.6. The minimum absolute atomic E-state index is 0.219. The van der Waals surface area contributed by atoms with E-state index in [0.29, 0.717) is 5.56 Å². The quantitative estimate of drug-likeness (QED) is 0.824. The molecular formula is C17H21O4P. The number of phosphoric acid groups is 1. The molecule has 118 valence electrons. The molecule has 0 unspecified atom stereocenters. The Morgan fingerprint density at radius 2 is 1.36 bits per heavy atom. The lowest BCUT2D eigenvalue weighted by molar-refractivity contribution is 0.282. The van der Waals surface area contributed by atoms with Gasteiger partial charge in [0.05, 0.1) is 0 Å². The summed E-state index contributed by atoms with van der Waals surface area (Å²) in [6, 6.07) is 7.88. The molecule has 0 aromatic heterocycles. The van der Waals surface area contributed by atoms with Gasteiger partial charge in [-0.3, -0.25) is 9.79 Å². The predicted octanol–water partition coefficient (Wildman–Crippen LogP) is 4.37. The fourth-order valence-corrected chi connectivity index (χ4v) is 3.34. The van der Waals surface area contributed by atoms with E-state index in [2.05, 4.69) is 32.9 Å². The SMILES string of the molecule is Cc1cc(C)c(-c2cc(C)c(OP(=O)(O)O)cc2C)c(C)c1. The summed E-state index contributed by atoms with van der Waals surface area (Å²) in [5.41, 5.74) is 7.42.